The summed E-state index contributed by atoms with van der Waals surface area (Å²) in [7, 11) is 0. The van der Waals surface area contributed by atoms with E-state index in [9.17, 15) is 19.3 Å². The summed E-state index contributed by atoms with van der Waals surface area (Å²) >= 11 is 12.0. The molecular formula is C22H15Cl2FN4O5. The number of hydrogen-bond donors (Lipinski definition) is 1. The van der Waals surface area contributed by atoms with E-state index < -0.39 is 16.6 Å². The number of furan rings is 1. The Bertz CT molecular complexity index is 1350. The van der Waals surface area contributed by atoms with E-state index >= 15 is 0 Å². The predicted octanol–water partition coefficient (Wildman–Crippen LogP) is 5.71. The third-order valence-electron chi connectivity index (χ3n) is 4.65. The predicted molar refractivity (Wildman–Crippen MR) is 122 cm³/mol. The summed E-state index contributed by atoms with van der Waals surface area (Å²) in [5.41, 5.74) is 0.127. The molecule has 0 atom stereocenters. The van der Waals surface area contributed by atoms with Gasteiger partial charge in [-0.15, -0.1) is 0 Å². The second kappa shape index (κ2) is 9.94. The minimum absolute atomic E-state index is 0.0140. The summed E-state index contributed by atoms with van der Waals surface area (Å²) in [5, 5.41) is 17.9. The van der Waals surface area contributed by atoms with Crippen LogP contribution in [-0.2, 0) is 13.2 Å². The van der Waals surface area contributed by atoms with Gasteiger partial charge in [0, 0.05) is 35.0 Å². The molecule has 1 amide bonds. The number of nitro groups is 1. The molecule has 4 aromatic rings. The maximum atomic E-state index is 14.0. The Morgan fingerprint density at radius 1 is 1.18 bits per heavy atom. The van der Waals surface area contributed by atoms with Crippen molar-refractivity contribution in [3.05, 3.63) is 104 Å². The SMILES string of the molecule is O=C(Nc1ccn(Cc2c(F)cccc2Cl)n1)c1ccc(COc2ccc([N+](=O)[O-])cc2Cl)o1. The monoisotopic (exact) mass is 504 g/mol. The molecule has 12 heteroatoms. The van der Waals surface area contributed by atoms with Crippen molar-refractivity contribution in [1.82, 2.24) is 9.78 Å². The van der Waals surface area contributed by atoms with Gasteiger partial charge in [0.2, 0.25) is 0 Å². The molecule has 0 bridgehead atoms. The fraction of sp³-hybridized carbons (Fsp3) is 0.0909. The van der Waals surface area contributed by atoms with E-state index in [1.54, 1.807) is 24.4 Å². The normalized spacial score (nSPS) is 10.8. The Balaban J connectivity index is 1.35. The number of aromatic nitrogens is 2. The van der Waals surface area contributed by atoms with E-state index in [1.807, 2.05) is 0 Å². The van der Waals surface area contributed by atoms with Gasteiger partial charge in [-0.25, -0.2) is 4.39 Å². The van der Waals surface area contributed by atoms with Crippen molar-refractivity contribution in [2.75, 3.05) is 5.32 Å². The highest BCUT2D eigenvalue weighted by Gasteiger charge is 2.15. The first-order valence-corrected chi connectivity index (χ1v) is 10.5. The molecule has 0 aliphatic rings. The van der Waals surface area contributed by atoms with Gasteiger partial charge < -0.3 is 14.5 Å². The van der Waals surface area contributed by atoms with E-state index in [1.165, 1.54) is 41.1 Å². The smallest absolute Gasteiger partial charge is 0.292 e. The number of halogens is 3. The zero-order chi connectivity index (χ0) is 24.2. The molecule has 0 saturated heterocycles. The summed E-state index contributed by atoms with van der Waals surface area (Å²) in [6, 6.07) is 12.8. The van der Waals surface area contributed by atoms with Crippen LogP contribution in [0.3, 0.4) is 0 Å². The highest BCUT2D eigenvalue weighted by molar-refractivity contribution is 6.32. The van der Waals surface area contributed by atoms with Crippen LogP contribution in [0.5, 0.6) is 5.75 Å². The molecule has 0 unspecified atom stereocenters. The topological polar surface area (TPSA) is 112 Å². The molecule has 2 aromatic heterocycles. The lowest BCUT2D eigenvalue weighted by Gasteiger charge is -2.06. The number of nitro benzene ring substituents is 1. The Hall–Kier alpha value is -3.89. The number of rotatable bonds is 8. The second-order valence-corrected chi connectivity index (χ2v) is 7.79. The number of hydrogen-bond acceptors (Lipinski definition) is 6. The van der Waals surface area contributed by atoms with Crippen LogP contribution in [0, 0.1) is 15.9 Å². The first-order chi connectivity index (χ1) is 16.3. The number of amides is 1. The standard InChI is InChI=1S/C22H15Cl2FN4O5/c23-16-2-1-3-18(25)15(16)11-28-9-8-21(27-28)26-22(30)20-7-5-14(34-20)12-33-19-6-4-13(29(31)32)10-17(19)24/h1-10H,11-12H2,(H,26,27,30). The number of nitrogens with one attached hydrogen (secondary N) is 1. The number of benzene rings is 2. The molecule has 9 nitrogen and oxygen atoms in total. The first kappa shape index (κ1) is 23.3. The van der Waals surface area contributed by atoms with Gasteiger partial charge in [-0.2, -0.15) is 5.10 Å². The summed E-state index contributed by atoms with van der Waals surface area (Å²) < 4.78 is 26.4. The Kier molecular flexibility index (Phi) is 6.80. The minimum Gasteiger partial charge on any atom is -0.484 e. The third-order valence-corrected chi connectivity index (χ3v) is 5.30. The van der Waals surface area contributed by atoms with E-state index in [-0.39, 0.29) is 51.8 Å². The fourth-order valence-electron chi connectivity index (χ4n) is 2.99. The fourth-order valence-corrected chi connectivity index (χ4v) is 3.44. The van der Waals surface area contributed by atoms with Crippen LogP contribution in [0.25, 0.3) is 0 Å². The van der Waals surface area contributed by atoms with Crippen molar-refractivity contribution in [2.45, 2.75) is 13.2 Å². The molecule has 34 heavy (non-hydrogen) atoms. The summed E-state index contributed by atoms with van der Waals surface area (Å²) in [6.45, 7) is 0.0393. The van der Waals surface area contributed by atoms with Crippen molar-refractivity contribution in [1.29, 1.82) is 0 Å². The lowest BCUT2D eigenvalue weighted by atomic mass is 10.2. The molecule has 2 aromatic carbocycles. The lowest BCUT2D eigenvalue weighted by Crippen LogP contribution is -2.12. The van der Waals surface area contributed by atoms with E-state index in [0.717, 1.165) is 0 Å². The van der Waals surface area contributed by atoms with Gasteiger partial charge in [0.15, 0.2) is 11.6 Å². The number of carbonyl (C=O) groups is 1. The Morgan fingerprint density at radius 2 is 2.00 bits per heavy atom. The molecule has 0 aliphatic carbocycles. The average molecular weight is 505 g/mol. The number of nitrogens with zero attached hydrogens (tertiary/aromatic N) is 3. The van der Waals surface area contributed by atoms with Gasteiger partial charge >= 0.3 is 0 Å². The molecule has 0 radical (unpaired) electrons. The van der Waals surface area contributed by atoms with Crippen LogP contribution in [0.4, 0.5) is 15.9 Å². The molecule has 0 saturated carbocycles. The molecule has 4 rings (SSSR count). The van der Waals surface area contributed by atoms with E-state index in [0.29, 0.717) is 5.76 Å². The van der Waals surface area contributed by atoms with Gasteiger partial charge in [0.1, 0.15) is 23.9 Å². The van der Waals surface area contributed by atoms with Crippen LogP contribution >= 0.6 is 23.2 Å². The number of anilines is 1. The van der Waals surface area contributed by atoms with Crippen LogP contribution in [0.2, 0.25) is 10.0 Å². The van der Waals surface area contributed by atoms with Crippen molar-refractivity contribution in [2.24, 2.45) is 0 Å². The zero-order valence-electron chi connectivity index (χ0n) is 17.2. The van der Waals surface area contributed by atoms with Crippen LogP contribution in [-0.4, -0.2) is 20.6 Å². The quantitative estimate of drug-likeness (QED) is 0.243. The molecule has 0 fully saturated rings. The molecule has 0 spiro atoms. The van der Waals surface area contributed by atoms with Gasteiger partial charge in [-0.3, -0.25) is 19.6 Å². The zero-order valence-corrected chi connectivity index (χ0v) is 18.7. The molecular weight excluding hydrogens is 490 g/mol. The summed E-state index contributed by atoms with van der Waals surface area (Å²) in [5.74, 6) is -0.179. The van der Waals surface area contributed by atoms with Gasteiger partial charge in [-0.05, 0) is 30.3 Å². The number of ether oxygens (including phenoxy) is 1. The van der Waals surface area contributed by atoms with E-state index in [2.05, 4.69) is 10.4 Å². The van der Waals surface area contributed by atoms with Gasteiger partial charge in [-0.1, -0.05) is 29.3 Å². The maximum Gasteiger partial charge on any atom is 0.292 e. The van der Waals surface area contributed by atoms with Crippen molar-refractivity contribution in [3.8, 4) is 5.75 Å². The second-order valence-electron chi connectivity index (χ2n) is 6.98. The van der Waals surface area contributed by atoms with Crippen molar-refractivity contribution in [3.63, 3.8) is 0 Å². The van der Waals surface area contributed by atoms with E-state index in [4.69, 9.17) is 32.4 Å². The number of non-ortho nitro benzene ring substituents is 1. The van der Waals surface area contributed by atoms with Crippen molar-refractivity contribution < 1.29 is 23.3 Å². The highest BCUT2D eigenvalue weighted by Crippen LogP contribution is 2.29. The minimum atomic E-state index is -0.564. The van der Waals surface area contributed by atoms with Gasteiger partial charge in [0.25, 0.3) is 11.6 Å². The molecule has 174 valence electrons. The van der Waals surface area contributed by atoms with Crippen LogP contribution < -0.4 is 10.1 Å². The largest absolute Gasteiger partial charge is 0.484 e. The molecule has 1 N–H and O–H groups in total. The van der Waals surface area contributed by atoms with Crippen molar-refractivity contribution >= 4 is 40.6 Å². The van der Waals surface area contributed by atoms with Crippen LogP contribution in [0.15, 0.2) is 65.2 Å². The third kappa shape index (κ3) is 5.36. The summed E-state index contributed by atoms with van der Waals surface area (Å²) in [6.07, 6.45) is 1.58. The number of carbonyl (C=O) groups excluding carboxylic acids is 1. The lowest BCUT2D eigenvalue weighted by molar-refractivity contribution is -0.384. The van der Waals surface area contributed by atoms with Gasteiger partial charge in [0.05, 0.1) is 16.5 Å². The average Bonchev–Trinajstić information content (AvgIpc) is 3.45. The highest BCUT2D eigenvalue weighted by atomic mass is 35.5. The Morgan fingerprint density at radius 3 is 2.74 bits per heavy atom. The maximum absolute atomic E-state index is 14.0. The van der Waals surface area contributed by atoms with Crippen LogP contribution in [0.1, 0.15) is 21.9 Å². The molecule has 2 heterocycles. The Labute approximate surface area is 201 Å². The first-order valence-electron chi connectivity index (χ1n) is 9.73. The summed E-state index contributed by atoms with van der Waals surface area (Å²) in [4.78, 5) is 22.7. The molecule has 0 aliphatic heterocycles.